The van der Waals surface area contributed by atoms with Crippen molar-refractivity contribution in [1.29, 1.82) is 0 Å². The first-order chi connectivity index (χ1) is 8.37. The van der Waals surface area contributed by atoms with Gasteiger partial charge in [0.2, 0.25) is 0 Å². The lowest BCUT2D eigenvalue weighted by molar-refractivity contribution is 0.0947. The second-order valence-corrected chi connectivity index (χ2v) is 6.32. The van der Waals surface area contributed by atoms with Crippen LogP contribution in [-0.2, 0) is 9.84 Å². The predicted molar refractivity (Wildman–Crippen MR) is 67.8 cm³/mol. The first-order valence-corrected chi connectivity index (χ1v) is 7.24. The van der Waals surface area contributed by atoms with Gasteiger partial charge in [0.05, 0.1) is 11.8 Å². The Morgan fingerprint density at radius 3 is 2.72 bits per heavy atom. The summed E-state index contributed by atoms with van der Waals surface area (Å²) < 4.78 is 35.3. The molecule has 2 rings (SSSR count). The smallest absolute Gasteiger partial charge is 0.251 e. The fourth-order valence-electron chi connectivity index (χ4n) is 1.57. The number of hydrogen-bond donors (Lipinski definition) is 2. The molecule has 4 nitrogen and oxygen atoms in total. The van der Waals surface area contributed by atoms with Crippen molar-refractivity contribution in [3.05, 3.63) is 41.1 Å². The molecule has 0 aromatic heterocycles. The van der Waals surface area contributed by atoms with E-state index in [4.69, 9.17) is 0 Å². The van der Waals surface area contributed by atoms with Crippen LogP contribution in [0.1, 0.15) is 10.4 Å². The van der Waals surface area contributed by atoms with Gasteiger partial charge in [-0.15, -0.1) is 12.6 Å². The Balaban J connectivity index is 2.09. The van der Waals surface area contributed by atoms with Gasteiger partial charge >= 0.3 is 0 Å². The van der Waals surface area contributed by atoms with Gasteiger partial charge in [0, 0.05) is 15.9 Å². The summed E-state index contributed by atoms with van der Waals surface area (Å²) in [5.41, 5.74) is 0.235. The molecule has 0 saturated carbocycles. The van der Waals surface area contributed by atoms with Crippen LogP contribution in [0.5, 0.6) is 0 Å². The topological polar surface area (TPSA) is 63.2 Å². The molecule has 0 spiro atoms. The summed E-state index contributed by atoms with van der Waals surface area (Å²) in [6.45, 7) is 0. The van der Waals surface area contributed by atoms with E-state index in [2.05, 4.69) is 17.9 Å². The first kappa shape index (κ1) is 13.1. The summed E-state index contributed by atoms with van der Waals surface area (Å²) in [5, 5.41) is 3.61. The highest BCUT2D eigenvalue weighted by Crippen LogP contribution is 2.15. The molecule has 1 amide bonds. The SMILES string of the molecule is O=C(NC1C=CS(=O)(=O)C1)c1ccc(F)c(S)c1. The Kier molecular flexibility index (Phi) is 3.45. The van der Waals surface area contributed by atoms with Crippen LogP contribution in [0.3, 0.4) is 0 Å². The number of halogens is 1. The average Bonchev–Trinajstić information content (AvgIpc) is 2.62. The number of sulfone groups is 1. The van der Waals surface area contributed by atoms with Crippen molar-refractivity contribution >= 4 is 28.4 Å². The molecule has 1 aliphatic rings. The van der Waals surface area contributed by atoms with E-state index < -0.39 is 27.6 Å². The van der Waals surface area contributed by atoms with Gasteiger partial charge in [0.25, 0.3) is 5.91 Å². The van der Waals surface area contributed by atoms with Crippen LogP contribution in [0.15, 0.2) is 34.6 Å². The molecule has 1 unspecified atom stereocenters. The normalized spacial score (nSPS) is 20.9. The molecule has 18 heavy (non-hydrogen) atoms. The van der Waals surface area contributed by atoms with E-state index in [1.165, 1.54) is 18.2 Å². The van der Waals surface area contributed by atoms with Crippen LogP contribution in [0.4, 0.5) is 4.39 Å². The standard InChI is InChI=1S/C11H10FNO3S2/c12-9-2-1-7(5-10(9)17)11(14)13-8-3-4-18(15,16)6-8/h1-5,8,17H,6H2,(H,13,14). The molecule has 1 aromatic rings. The summed E-state index contributed by atoms with van der Waals surface area (Å²) >= 11 is 3.87. The third-order valence-corrected chi connectivity index (χ3v) is 4.19. The minimum Gasteiger partial charge on any atom is -0.345 e. The van der Waals surface area contributed by atoms with E-state index in [9.17, 15) is 17.6 Å². The van der Waals surface area contributed by atoms with Crippen molar-refractivity contribution in [2.45, 2.75) is 10.9 Å². The maximum absolute atomic E-state index is 13.0. The van der Waals surface area contributed by atoms with Gasteiger partial charge in [-0.1, -0.05) is 0 Å². The van der Waals surface area contributed by atoms with E-state index in [0.29, 0.717) is 0 Å². The number of benzene rings is 1. The molecule has 96 valence electrons. The summed E-state index contributed by atoms with van der Waals surface area (Å²) in [7, 11) is -3.21. The first-order valence-electron chi connectivity index (χ1n) is 5.08. The molecule has 1 aliphatic heterocycles. The van der Waals surface area contributed by atoms with E-state index >= 15 is 0 Å². The van der Waals surface area contributed by atoms with E-state index in [-0.39, 0.29) is 16.2 Å². The summed E-state index contributed by atoms with van der Waals surface area (Å²) in [6.07, 6.45) is 1.42. The fraction of sp³-hybridized carbons (Fsp3) is 0.182. The molecule has 0 bridgehead atoms. The minimum atomic E-state index is -3.21. The monoisotopic (exact) mass is 287 g/mol. The van der Waals surface area contributed by atoms with E-state index in [1.54, 1.807) is 0 Å². The number of hydrogen-bond acceptors (Lipinski definition) is 4. The molecule has 1 N–H and O–H groups in total. The predicted octanol–water partition coefficient (Wildman–Crippen LogP) is 1.15. The van der Waals surface area contributed by atoms with Crippen LogP contribution in [0.2, 0.25) is 0 Å². The molecule has 7 heteroatoms. The summed E-state index contributed by atoms with van der Waals surface area (Å²) in [4.78, 5) is 11.8. The molecule has 0 aliphatic carbocycles. The van der Waals surface area contributed by atoms with Crippen LogP contribution >= 0.6 is 12.6 Å². The van der Waals surface area contributed by atoms with Crippen molar-refractivity contribution in [2.75, 3.05) is 5.75 Å². The molecule has 0 fully saturated rings. The lowest BCUT2D eigenvalue weighted by Crippen LogP contribution is -2.35. The van der Waals surface area contributed by atoms with Gasteiger partial charge in [-0.3, -0.25) is 4.79 Å². The maximum Gasteiger partial charge on any atom is 0.251 e. The second kappa shape index (κ2) is 4.74. The van der Waals surface area contributed by atoms with E-state index in [1.807, 2.05) is 0 Å². The van der Waals surface area contributed by atoms with Gasteiger partial charge in [-0.2, -0.15) is 0 Å². The van der Waals surface area contributed by atoms with E-state index in [0.717, 1.165) is 11.5 Å². The van der Waals surface area contributed by atoms with Crippen molar-refractivity contribution in [3.63, 3.8) is 0 Å². The van der Waals surface area contributed by atoms with Crippen molar-refractivity contribution in [1.82, 2.24) is 5.32 Å². The number of rotatable bonds is 2. The van der Waals surface area contributed by atoms with Gasteiger partial charge in [0.1, 0.15) is 5.82 Å². The third-order valence-electron chi connectivity index (χ3n) is 2.45. The molecular formula is C11H10FNO3S2. The highest BCUT2D eigenvalue weighted by Gasteiger charge is 2.23. The van der Waals surface area contributed by atoms with Crippen molar-refractivity contribution in [2.24, 2.45) is 0 Å². The van der Waals surface area contributed by atoms with Crippen LogP contribution in [-0.4, -0.2) is 26.1 Å². The third kappa shape index (κ3) is 2.91. The zero-order valence-corrected chi connectivity index (χ0v) is 10.8. The number of amides is 1. The van der Waals surface area contributed by atoms with Gasteiger partial charge in [0.15, 0.2) is 9.84 Å². The molecule has 1 aromatic carbocycles. The van der Waals surface area contributed by atoms with Gasteiger partial charge in [-0.05, 0) is 24.3 Å². The Labute approximate surface area is 109 Å². The lowest BCUT2D eigenvalue weighted by Gasteiger charge is -2.10. The highest BCUT2D eigenvalue weighted by molar-refractivity contribution is 7.94. The Hall–Kier alpha value is -1.34. The Bertz CT molecular complexity index is 625. The molecule has 0 saturated heterocycles. The molecule has 1 atom stereocenters. The number of thiol groups is 1. The maximum atomic E-state index is 13.0. The zero-order valence-electron chi connectivity index (χ0n) is 9.13. The van der Waals surface area contributed by atoms with Gasteiger partial charge < -0.3 is 5.32 Å². The Morgan fingerprint density at radius 2 is 2.17 bits per heavy atom. The Morgan fingerprint density at radius 1 is 1.44 bits per heavy atom. The van der Waals surface area contributed by atoms with Crippen LogP contribution in [0.25, 0.3) is 0 Å². The minimum absolute atomic E-state index is 0.0669. The molecule has 0 radical (unpaired) electrons. The van der Waals surface area contributed by atoms with Crippen molar-refractivity contribution < 1.29 is 17.6 Å². The number of carbonyl (C=O) groups excluding carboxylic acids is 1. The number of carbonyl (C=O) groups is 1. The van der Waals surface area contributed by atoms with Crippen molar-refractivity contribution in [3.8, 4) is 0 Å². The zero-order chi connectivity index (χ0) is 13.3. The number of nitrogens with one attached hydrogen (secondary N) is 1. The largest absolute Gasteiger partial charge is 0.345 e. The summed E-state index contributed by atoms with van der Waals surface area (Å²) in [5.74, 6) is -1.12. The fourth-order valence-corrected chi connectivity index (χ4v) is 3.02. The molecular weight excluding hydrogens is 277 g/mol. The van der Waals surface area contributed by atoms with Crippen LogP contribution in [0, 0.1) is 5.82 Å². The summed E-state index contributed by atoms with van der Waals surface area (Å²) in [6, 6.07) is 3.20. The lowest BCUT2D eigenvalue weighted by atomic mass is 10.2. The van der Waals surface area contributed by atoms with Gasteiger partial charge in [-0.25, -0.2) is 12.8 Å². The molecule has 1 heterocycles. The van der Waals surface area contributed by atoms with Crippen LogP contribution < -0.4 is 5.32 Å². The quantitative estimate of drug-likeness (QED) is 0.802. The highest BCUT2D eigenvalue weighted by atomic mass is 32.2. The average molecular weight is 287 g/mol. The second-order valence-electron chi connectivity index (χ2n) is 3.90.